The molecule has 0 aromatic rings. The Labute approximate surface area is 74.5 Å². The van der Waals surface area contributed by atoms with E-state index in [-0.39, 0.29) is 0 Å². The van der Waals surface area contributed by atoms with E-state index in [1.807, 2.05) is 20.1 Å². The van der Waals surface area contributed by atoms with Crippen LogP contribution < -0.4 is 11.5 Å². The predicted octanol–water partition coefficient (Wildman–Crippen LogP) is 1.25. The van der Waals surface area contributed by atoms with E-state index < -0.39 is 0 Å². The van der Waals surface area contributed by atoms with Gasteiger partial charge in [0.05, 0.1) is 6.67 Å². The molecule has 0 bridgehead atoms. The summed E-state index contributed by atoms with van der Waals surface area (Å²) in [6.45, 7) is 6.50. The molecule has 3 nitrogen and oxygen atoms in total. The summed E-state index contributed by atoms with van der Waals surface area (Å²) in [5.41, 5.74) is 13.2. The summed E-state index contributed by atoms with van der Waals surface area (Å²) >= 11 is 0. The number of nitrogens with zero attached hydrogens (tertiary/aromatic N) is 1. The molecule has 1 unspecified atom stereocenters. The Balaban J connectivity index is 4.27. The zero-order chi connectivity index (χ0) is 9.56. The number of aliphatic imine (C=N–C) groups is 1. The van der Waals surface area contributed by atoms with Crippen LogP contribution in [0.3, 0.4) is 0 Å². The van der Waals surface area contributed by atoms with Gasteiger partial charge in [0.25, 0.3) is 0 Å². The Hall–Kier alpha value is -0.830. The van der Waals surface area contributed by atoms with Gasteiger partial charge in [-0.2, -0.15) is 0 Å². The van der Waals surface area contributed by atoms with Crippen LogP contribution in [0.1, 0.15) is 27.2 Å². The fourth-order valence-electron chi connectivity index (χ4n) is 0.902. The molecule has 3 heteroatoms. The molecule has 1 atom stereocenters. The maximum absolute atomic E-state index is 5.78. The Morgan fingerprint density at radius 1 is 1.58 bits per heavy atom. The van der Waals surface area contributed by atoms with E-state index in [9.17, 15) is 0 Å². The summed E-state index contributed by atoms with van der Waals surface area (Å²) in [6.07, 6.45) is 2.74. The van der Waals surface area contributed by atoms with Crippen molar-refractivity contribution in [2.45, 2.75) is 27.2 Å². The molecule has 0 aliphatic heterocycles. The van der Waals surface area contributed by atoms with Crippen molar-refractivity contribution in [2.24, 2.45) is 22.4 Å². The first-order valence-corrected chi connectivity index (χ1v) is 4.28. The van der Waals surface area contributed by atoms with Gasteiger partial charge >= 0.3 is 0 Å². The third kappa shape index (κ3) is 3.53. The van der Waals surface area contributed by atoms with Crippen molar-refractivity contribution in [2.75, 3.05) is 6.67 Å². The van der Waals surface area contributed by atoms with E-state index in [4.69, 9.17) is 11.5 Å². The number of hydrogen-bond acceptors (Lipinski definition) is 3. The van der Waals surface area contributed by atoms with Gasteiger partial charge in [0.1, 0.15) is 0 Å². The molecule has 0 radical (unpaired) electrons. The largest absolute Gasteiger partial charge is 0.402 e. The summed E-state index contributed by atoms with van der Waals surface area (Å²) in [5, 5.41) is 0. The van der Waals surface area contributed by atoms with Crippen LogP contribution in [0.5, 0.6) is 0 Å². The normalized spacial score (nSPS) is 16.3. The summed E-state index contributed by atoms with van der Waals surface area (Å²) in [7, 11) is 0. The molecule has 0 rings (SSSR count). The van der Waals surface area contributed by atoms with Crippen LogP contribution in [-0.4, -0.2) is 12.9 Å². The van der Waals surface area contributed by atoms with Crippen molar-refractivity contribution in [3.8, 4) is 0 Å². The molecule has 12 heavy (non-hydrogen) atoms. The van der Waals surface area contributed by atoms with Crippen LogP contribution in [0.25, 0.3) is 0 Å². The molecule has 0 saturated heterocycles. The van der Waals surface area contributed by atoms with Crippen molar-refractivity contribution in [1.29, 1.82) is 0 Å². The summed E-state index contributed by atoms with van der Waals surface area (Å²) in [6, 6.07) is 0. The van der Waals surface area contributed by atoms with Gasteiger partial charge < -0.3 is 11.5 Å². The Kier molecular flexibility index (Phi) is 5.37. The average molecular weight is 169 g/mol. The predicted molar refractivity (Wildman–Crippen MR) is 53.9 cm³/mol. The van der Waals surface area contributed by atoms with E-state index in [1.165, 1.54) is 5.57 Å². The lowest BCUT2D eigenvalue weighted by atomic mass is 10.0. The second-order valence-corrected chi connectivity index (χ2v) is 2.86. The van der Waals surface area contributed by atoms with Crippen LogP contribution in [0.15, 0.2) is 16.3 Å². The van der Waals surface area contributed by atoms with Crippen LogP contribution in [0.4, 0.5) is 0 Å². The Morgan fingerprint density at radius 2 is 2.17 bits per heavy atom. The SMILES string of the molecule is CC/C(N)=C(/C)C(C)C=NCN. The number of rotatable bonds is 4. The summed E-state index contributed by atoms with van der Waals surface area (Å²) in [5.74, 6) is 0.300. The molecule has 0 aliphatic rings. The molecule has 0 aliphatic carbocycles. The molecule has 70 valence electrons. The van der Waals surface area contributed by atoms with E-state index in [0.717, 1.165) is 12.1 Å². The van der Waals surface area contributed by atoms with Crippen molar-refractivity contribution in [3.63, 3.8) is 0 Å². The Morgan fingerprint density at radius 3 is 2.58 bits per heavy atom. The molecule has 0 spiro atoms. The molecule has 0 saturated carbocycles. The van der Waals surface area contributed by atoms with Crippen molar-refractivity contribution in [3.05, 3.63) is 11.3 Å². The second-order valence-electron chi connectivity index (χ2n) is 2.86. The lowest BCUT2D eigenvalue weighted by Gasteiger charge is -2.09. The third-order valence-corrected chi connectivity index (χ3v) is 2.00. The highest BCUT2D eigenvalue weighted by Crippen LogP contribution is 2.11. The second kappa shape index (κ2) is 5.77. The van der Waals surface area contributed by atoms with Crippen LogP contribution in [0.2, 0.25) is 0 Å². The smallest absolute Gasteiger partial charge is 0.0855 e. The van der Waals surface area contributed by atoms with E-state index in [1.54, 1.807) is 0 Å². The van der Waals surface area contributed by atoms with Crippen molar-refractivity contribution < 1.29 is 0 Å². The maximum Gasteiger partial charge on any atom is 0.0855 e. The molecule has 4 N–H and O–H groups in total. The topological polar surface area (TPSA) is 64.4 Å². The molecule has 0 aromatic heterocycles. The first-order chi connectivity index (χ1) is 5.63. The lowest BCUT2D eigenvalue weighted by Crippen LogP contribution is -2.08. The summed E-state index contributed by atoms with van der Waals surface area (Å²) < 4.78 is 0. The highest BCUT2D eigenvalue weighted by atomic mass is 14.8. The van der Waals surface area contributed by atoms with Gasteiger partial charge in [0.2, 0.25) is 0 Å². The zero-order valence-electron chi connectivity index (χ0n) is 8.17. The van der Waals surface area contributed by atoms with E-state index >= 15 is 0 Å². The molecule has 0 fully saturated rings. The van der Waals surface area contributed by atoms with Gasteiger partial charge in [-0.3, -0.25) is 4.99 Å². The van der Waals surface area contributed by atoms with Gasteiger partial charge in [-0.15, -0.1) is 0 Å². The molecular formula is C9H19N3. The molecule has 0 heterocycles. The van der Waals surface area contributed by atoms with Crippen molar-refractivity contribution >= 4 is 6.21 Å². The minimum absolute atomic E-state index is 0.300. The minimum atomic E-state index is 0.300. The highest BCUT2D eigenvalue weighted by Gasteiger charge is 2.03. The molecular weight excluding hydrogens is 150 g/mol. The fraction of sp³-hybridized carbons (Fsp3) is 0.667. The van der Waals surface area contributed by atoms with Crippen LogP contribution >= 0.6 is 0 Å². The first-order valence-electron chi connectivity index (χ1n) is 4.28. The van der Waals surface area contributed by atoms with Gasteiger partial charge in [-0.25, -0.2) is 0 Å². The number of hydrogen-bond donors (Lipinski definition) is 2. The standard InChI is InChI=1S/C9H19N3/c1-4-9(11)8(3)7(2)5-12-6-10/h5,7H,4,6,10-11H2,1-3H3/b9-8+,12-5?. The lowest BCUT2D eigenvalue weighted by molar-refractivity contribution is 0.868. The maximum atomic E-state index is 5.78. The van der Waals surface area contributed by atoms with Crippen LogP contribution in [-0.2, 0) is 0 Å². The van der Waals surface area contributed by atoms with Crippen molar-refractivity contribution in [1.82, 2.24) is 0 Å². The monoisotopic (exact) mass is 169 g/mol. The minimum Gasteiger partial charge on any atom is -0.402 e. The van der Waals surface area contributed by atoms with Gasteiger partial charge in [0.15, 0.2) is 0 Å². The first kappa shape index (κ1) is 11.2. The van der Waals surface area contributed by atoms with Gasteiger partial charge in [0, 0.05) is 17.8 Å². The summed E-state index contributed by atoms with van der Waals surface area (Å²) in [4.78, 5) is 3.97. The number of nitrogens with two attached hydrogens (primary N) is 2. The molecule has 0 amide bonds. The highest BCUT2D eigenvalue weighted by molar-refractivity contribution is 5.64. The van der Waals surface area contributed by atoms with Crippen LogP contribution in [0, 0.1) is 5.92 Å². The molecule has 0 aromatic carbocycles. The van der Waals surface area contributed by atoms with E-state index in [2.05, 4.69) is 11.9 Å². The Bertz CT molecular complexity index is 182. The van der Waals surface area contributed by atoms with E-state index in [0.29, 0.717) is 12.6 Å². The number of allylic oxidation sites excluding steroid dienone is 2. The van der Waals surface area contributed by atoms with Gasteiger partial charge in [-0.05, 0) is 18.9 Å². The third-order valence-electron chi connectivity index (χ3n) is 2.00. The van der Waals surface area contributed by atoms with Gasteiger partial charge in [-0.1, -0.05) is 13.8 Å². The average Bonchev–Trinajstić information content (AvgIpc) is 2.11. The fourth-order valence-corrected chi connectivity index (χ4v) is 0.902. The zero-order valence-corrected chi connectivity index (χ0v) is 8.17. The quantitative estimate of drug-likeness (QED) is 0.622.